The summed E-state index contributed by atoms with van der Waals surface area (Å²) in [6.45, 7) is 8.94. The van der Waals surface area contributed by atoms with Gasteiger partial charge in [0.2, 0.25) is 0 Å². The van der Waals surface area contributed by atoms with E-state index >= 15 is 0 Å². The highest BCUT2D eigenvalue weighted by atomic mass is 32.3. The lowest BCUT2D eigenvalue weighted by atomic mass is 10.1. The minimum absolute atomic E-state index is 0.389. The Kier molecular flexibility index (Phi) is 7.51. The molecular formula is C22H25NS4. The van der Waals surface area contributed by atoms with Gasteiger partial charge in [-0.05, 0) is 63.7 Å². The van der Waals surface area contributed by atoms with Crippen molar-refractivity contribution in [3.8, 4) is 0 Å². The third-order valence-electron chi connectivity index (χ3n) is 4.10. The molecule has 0 fully saturated rings. The monoisotopic (exact) mass is 431 g/mol. The maximum atomic E-state index is 4.86. The molecule has 1 aliphatic rings. The second-order valence-corrected chi connectivity index (χ2v) is 11.0. The van der Waals surface area contributed by atoms with Gasteiger partial charge in [-0.3, -0.25) is 0 Å². The highest BCUT2D eigenvalue weighted by molar-refractivity contribution is 8.34. The molecule has 2 aromatic rings. The number of nitrogens with zero attached hydrogens (tertiary/aromatic N) is 1. The molecule has 0 aromatic heterocycles. The van der Waals surface area contributed by atoms with Crippen molar-refractivity contribution in [1.82, 2.24) is 3.12 Å². The fourth-order valence-corrected chi connectivity index (χ4v) is 6.93. The second-order valence-electron chi connectivity index (χ2n) is 6.95. The molecule has 27 heavy (non-hydrogen) atoms. The lowest BCUT2D eigenvalue weighted by molar-refractivity contribution is 0.820. The average Bonchev–Trinajstić information content (AvgIpc) is 3.11. The van der Waals surface area contributed by atoms with Crippen molar-refractivity contribution in [2.45, 2.75) is 27.7 Å². The Bertz CT molecular complexity index is 826. The molecule has 5 heteroatoms. The normalized spacial score (nSPS) is 16.4. The quantitative estimate of drug-likeness (QED) is 0.362. The highest BCUT2D eigenvalue weighted by Crippen LogP contribution is 2.57. The van der Waals surface area contributed by atoms with E-state index in [1.165, 1.54) is 25.8 Å². The smallest absolute Gasteiger partial charge is 0.0431 e. The summed E-state index contributed by atoms with van der Waals surface area (Å²) in [5.41, 5.74) is 2.52. The second kappa shape index (κ2) is 9.66. The molecule has 142 valence electrons. The average molecular weight is 432 g/mol. The number of hydrogen-bond acceptors (Lipinski definition) is 5. The van der Waals surface area contributed by atoms with E-state index in [2.05, 4.69) is 91.5 Å². The molecule has 0 spiro atoms. The minimum Gasteiger partial charge on any atom is -0.146 e. The molecular weight excluding hydrogens is 407 g/mol. The number of rotatable bonds is 6. The summed E-state index contributed by atoms with van der Waals surface area (Å²) >= 11 is 10.3. The maximum absolute atomic E-state index is 4.86. The van der Waals surface area contributed by atoms with Crippen molar-refractivity contribution in [3.63, 3.8) is 0 Å². The molecule has 1 heterocycles. The van der Waals surface area contributed by atoms with Crippen LogP contribution in [0, 0.1) is 11.8 Å². The summed E-state index contributed by atoms with van der Waals surface area (Å²) in [7, 11) is 0. The van der Waals surface area contributed by atoms with E-state index in [1.807, 2.05) is 23.9 Å². The third-order valence-corrected chi connectivity index (χ3v) is 9.06. The SMILES string of the molecule is CC(C)C1=C(c2ccccc2)SN(S/C(=C(\S)C(C)C)c2ccccc2)S1. The summed E-state index contributed by atoms with van der Waals surface area (Å²) in [6.07, 6.45) is 0. The lowest BCUT2D eigenvalue weighted by Gasteiger charge is -2.19. The predicted octanol–water partition coefficient (Wildman–Crippen LogP) is 8.23. The number of hydrogen-bond donors (Lipinski definition) is 1. The minimum atomic E-state index is 0.389. The summed E-state index contributed by atoms with van der Waals surface area (Å²) < 4.78 is 2.32. The molecule has 1 aliphatic heterocycles. The first-order valence-corrected chi connectivity index (χ1v) is 11.9. The van der Waals surface area contributed by atoms with Crippen molar-refractivity contribution < 1.29 is 0 Å². The molecule has 3 rings (SSSR count). The third kappa shape index (κ3) is 5.21. The van der Waals surface area contributed by atoms with E-state index in [-0.39, 0.29) is 0 Å². The Morgan fingerprint density at radius 2 is 1.48 bits per heavy atom. The Morgan fingerprint density at radius 1 is 0.889 bits per heavy atom. The van der Waals surface area contributed by atoms with Gasteiger partial charge in [0.15, 0.2) is 0 Å². The van der Waals surface area contributed by atoms with Crippen LogP contribution >= 0.6 is 48.5 Å². The lowest BCUT2D eigenvalue weighted by Crippen LogP contribution is -1.97. The van der Waals surface area contributed by atoms with Gasteiger partial charge in [0, 0.05) is 14.7 Å². The summed E-state index contributed by atoms with van der Waals surface area (Å²) in [5.74, 6) is 0.882. The van der Waals surface area contributed by atoms with Crippen LogP contribution in [0.2, 0.25) is 0 Å². The van der Waals surface area contributed by atoms with Crippen LogP contribution in [0.3, 0.4) is 0 Å². The summed E-state index contributed by atoms with van der Waals surface area (Å²) in [4.78, 5) is 5.15. The Labute approximate surface area is 181 Å². The van der Waals surface area contributed by atoms with Crippen molar-refractivity contribution in [2.24, 2.45) is 11.8 Å². The molecule has 0 radical (unpaired) electrons. The van der Waals surface area contributed by atoms with Gasteiger partial charge >= 0.3 is 0 Å². The van der Waals surface area contributed by atoms with Gasteiger partial charge in [0.1, 0.15) is 0 Å². The summed E-state index contributed by atoms with van der Waals surface area (Å²) in [5, 5.41) is 0. The fraction of sp³-hybridized carbons (Fsp3) is 0.273. The van der Waals surface area contributed by atoms with Gasteiger partial charge in [-0.1, -0.05) is 88.4 Å². The largest absolute Gasteiger partial charge is 0.146 e. The first-order valence-electron chi connectivity index (χ1n) is 9.09. The highest BCUT2D eigenvalue weighted by Gasteiger charge is 2.29. The summed E-state index contributed by atoms with van der Waals surface area (Å²) in [6, 6.07) is 21.3. The van der Waals surface area contributed by atoms with E-state index in [1.54, 1.807) is 11.9 Å². The zero-order valence-corrected chi connectivity index (χ0v) is 19.4. The van der Waals surface area contributed by atoms with E-state index in [0.29, 0.717) is 11.8 Å². The van der Waals surface area contributed by atoms with Crippen LogP contribution in [-0.4, -0.2) is 3.12 Å². The first kappa shape index (κ1) is 21.0. The fourth-order valence-electron chi connectivity index (χ4n) is 2.62. The number of thiol groups is 1. The van der Waals surface area contributed by atoms with Crippen LogP contribution in [-0.2, 0) is 0 Å². The van der Waals surface area contributed by atoms with Crippen LogP contribution in [0.15, 0.2) is 70.5 Å². The number of benzene rings is 2. The molecule has 0 saturated heterocycles. The Hall–Kier alpha value is -0.720. The predicted molar refractivity (Wildman–Crippen MR) is 130 cm³/mol. The topological polar surface area (TPSA) is 3.24 Å². The molecule has 0 aliphatic carbocycles. The van der Waals surface area contributed by atoms with Crippen molar-refractivity contribution in [3.05, 3.63) is 81.6 Å². The molecule has 2 aromatic carbocycles. The zero-order chi connectivity index (χ0) is 19.4. The van der Waals surface area contributed by atoms with Gasteiger partial charge in [0.25, 0.3) is 0 Å². The van der Waals surface area contributed by atoms with Gasteiger partial charge in [-0.25, -0.2) is 0 Å². The van der Waals surface area contributed by atoms with Gasteiger partial charge in [0.05, 0.1) is 0 Å². The van der Waals surface area contributed by atoms with Crippen LogP contribution in [0.5, 0.6) is 0 Å². The number of allylic oxidation sites excluding steroid dienone is 2. The van der Waals surface area contributed by atoms with E-state index in [4.69, 9.17) is 12.6 Å². The molecule has 1 nitrogen and oxygen atoms in total. The molecule has 0 atom stereocenters. The van der Waals surface area contributed by atoms with E-state index in [9.17, 15) is 0 Å². The Balaban J connectivity index is 1.88. The Morgan fingerprint density at radius 3 is 2.04 bits per heavy atom. The van der Waals surface area contributed by atoms with Crippen molar-refractivity contribution in [1.29, 1.82) is 0 Å². The molecule has 0 N–H and O–H groups in total. The first-order chi connectivity index (χ1) is 13.0. The van der Waals surface area contributed by atoms with Gasteiger partial charge in [-0.15, -0.1) is 15.7 Å². The zero-order valence-electron chi connectivity index (χ0n) is 16.0. The van der Waals surface area contributed by atoms with Crippen LogP contribution in [0.4, 0.5) is 0 Å². The van der Waals surface area contributed by atoms with E-state index in [0.717, 1.165) is 4.91 Å². The molecule has 0 amide bonds. The molecule has 0 saturated carbocycles. The van der Waals surface area contributed by atoms with Crippen molar-refractivity contribution in [2.75, 3.05) is 0 Å². The van der Waals surface area contributed by atoms with Crippen LogP contribution in [0.25, 0.3) is 9.81 Å². The van der Waals surface area contributed by atoms with Crippen LogP contribution < -0.4 is 0 Å². The van der Waals surface area contributed by atoms with Gasteiger partial charge in [-0.2, -0.15) is 0 Å². The standard InChI is InChI=1S/C22H25NS4/c1-15(2)19(24)21(17-11-7-5-8-12-17)26-23-25-20(16(3)4)22(27-23)18-13-9-6-10-14-18/h5-16,24H,1-4H3/b21-19-. The molecule has 0 bridgehead atoms. The molecule has 0 unspecified atom stereocenters. The van der Waals surface area contributed by atoms with Crippen LogP contribution in [0.1, 0.15) is 38.8 Å². The van der Waals surface area contributed by atoms with Crippen molar-refractivity contribution >= 4 is 58.3 Å². The van der Waals surface area contributed by atoms with E-state index < -0.39 is 0 Å². The van der Waals surface area contributed by atoms with Gasteiger partial charge < -0.3 is 0 Å². The maximum Gasteiger partial charge on any atom is 0.0431 e.